The minimum Gasteiger partial charge on any atom is -0.497 e. The zero-order valence-electron chi connectivity index (χ0n) is 17.0. The lowest BCUT2D eigenvalue weighted by molar-refractivity contribution is -0.137. The molecule has 0 bridgehead atoms. The van der Waals surface area contributed by atoms with Crippen molar-refractivity contribution in [1.29, 1.82) is 0 Å². The third kappa shape index (κ3) is 5.57. The number of likely N-dealkylation sites (N-methyl/N-ethyl adjacent to an activating group) is 2. The first kappa shape index (κ1) is 21.4. The molecular formula is C22H29N3O3. The van der Waals surface area contributed by atoms with Crippen LogP contribution in [0.1, 0.15) is 25.5 Å². The summed E-state index contributed by atoms with van der Waals surface area (Å²) >= 11 is 0. The van der Waals surface area contributed by atoms with E-state index in [0.717, 1.165) is 5.56 Å². The van der Waals surface area contributed by atoms with Crippen molar-refractivity contribution in [2.24, 2.45) is 0 Å². The largest absolute Gasteiger partial charge is 0.497 e. The first-order valence-corrected chi connectivity index (χ1v) is 9.48. The molecule has 2 aromatic rings. The zero-order chi connectivity index (χ0) is 20.5. The predicted octanol–water partition coefficient (Wildman–Crippen LogP) is 3.18. The van der Waals surface area contributed by atoms with E-state index in [1.54, 1.807) is 36.1 Å². The van der Waals surface area contributed by atoms with Crippen LogP contribution in [0, 0.1) is 0 Å². The molecular weight excluding hydrogens is 354 g/mol. The van der Waals surface area contributed by atoms with Crippen LogP contribution in [0.25, 0.3) is 0 Å². The Morgan fingerprint density at radius 3 is 2.32 bits per heavy atom. The van der Waals surface area contributed by atoms with Crippen molar-refractivity contribution in [1.82, 2.24) is 9.80 Å². The van der Waals surface area contributed by atoms with Crippen molar-refractivity contribution < 1.29 is 14.3 Å². The van der Waals surface area contributed by atoms with Gasteiger partial charge >= 0.3 is 0 Å². The summed E-state index contributed by atoms with van der Waals surface area (Å²) in [6.07, 6.45) is 0. The smallest absolute Gasteiger partial charge is 0.244 e. The molecule has 0 aliphatic carbocycles. The van der Waals surface area contributed by atoms with E-state index in [0.29, 0.717) is 24.5 Å². The second-order valence-corrected chi connectivity index (χ2v) is 6.52. The molecule has 2 rings (SSSR count). The quantitative estimate of drug-likeness (QED) is 0.722. The van der Waals surface area contributed by atoms with Crippen LogP contribution in [-0.2, 0) is 9.59 Å². The van der Waals surface area contributed by atoms with Crippen molar-refractivity contribution in [3.8, 4) is 5.75 Å². The maximum atomic E-state index is 13.1. The number of nitrogens with one attached hydrogen (secondary N) is 1. The molecule has 6 nitrogen and oxygen atoms in total. The van der Waals surface area contributed by atoms with E-state index in [4.69, 9.17) is 4.74 Å². The van der Waals surface area contributed by atoms with Crippen molar-refractivity contribution in [3.05, 3.63) is 60.2 Å². The van der Waals surface area contributed by atoms with Crippen LogP contribution in [0.5, 0.6) is 5.75 Å². The summed E-state index contributed by atoms with van der Waals surface area (Å²) in [5, 5.41) is 2.86. The molecule has 0 saturated carbocycles. The monoisotopic (exact) mass is 383 g/mol. The van der Waals surface area contributed by atoms with Gasteiger partial charge < -0.3 is 15.0 Å². The van der Waals surface area contributed by atoms with E-state index in [-0.39, 0.29) is 18.4 Å². The second-order valence-electron chi connectivity index (χ2n) is 6.52. The third-order valence-electron chi connectivity index (χ3n) is 4.61. The second kappa shape index (κ2) is 10.5. The Morgan fingerprint density at radius 1 is 1.04 bits per heavy atom. The molecule has 2 amide bonds. The molecule has 0 aliphatic rings. The Kier molecular flexibility index (Phi) is 8.02. The number of methoxy groups -OCH3 is 1. The van der Waals surface area contributed by atoms with Gasteiger partial charge in [0, 0.05) is 24.8 Å². The van der Waals surface area contributed by atoms with E-state index in [9.17, 15) is 9.59 Å². The van der Waals surface area contributed by atoms with Crippen molar-refractivity contribution in [3.63, 3.8) is 0 Å². The highest BCUT2D eigenvalue weighted by Gasteiger charge is 2.29. The topological polar surface area (TPSA) is 61.9 Å². The summed E-state index contributed by atoms with van der Waals surface area (Å²) in [5.41, 5.74) is 1.53. The summed E-state index contributed by atoms with van der Waals surface area (Å²) in [4.78, 5) is 29.2. The number of ether oxygens (including phenoxy) is 1. The fourth-order valence-corrected chi connectivity index (χ4v) is 3.15. The first-order chi connectivity index (χ1) is 13.5. The molecule has 0 aliphatic heterocycles. The van der Waals surface area contributed by atoms with E-state index < -0.39 is 6.04 Å². The van der Waals surface area contributed by atoms with Crippen molar-refractivity contribution >= 4 is 17.5 Å². The van der Waals surface area contributed by atoms with Crippen LogP contribution in [0.15, 0.2) is 54.6 Å². The van der Waals surface area contributed by atoms with Crippen LogP contribution in [0.2, 0.25) is 0 Å². The SMILES string of the molecule is CCN(CC)C(=O)C(c1ccccc1)N(C)CC(=O)Nc1cccc(OC)c1. The molecule has 0 saturated heterocycles. The minimum absolute atomic E-state index is 0.00659. The maximum absolute atomic E-state index is 13.1. The number of carbonyl (C=O) groups is 2. The third-order valence-corrected chi connectivity index (χ3v) is 4.61. The number of rotatable bonds is 9. The summed E-state index contributed by atoms with van der Waals surface area (Å²) in [5.74, 6) is 0.474. The maximum Gasteiger partial charge on any atom is 0.244 e. The number of amides is 2. The fourth-order valence-electron chi connectivity index (χ4n) is 3.15. The van der Waals surface area contributed by atoms with Crippen LogP contribution < -0.4 is 10.1 Å². The molecule has 0 aromatic heterocycles. The average molecular weight is 383 g/mol. The van der Waals surface area contributed by atoms with E-state index in [2.05, 4.69) is 5.32 Å². The average Bonchev–Trinajstić information content (AvgIpc) is 2.70. The van der Waals surface area contributed by atoms with Crippen LogP contribution in [0.3, 0.4) is 0 Å². The Morgan fingerprint density at radius 2 is 1.71 bits per heavy atom. The molecule has 0 radical (unpaired) electrons. The van der Waals surface area contributed by atoms with E-state index >= 15 is 0 Å². The number of nitrogens with zero attached hydrogens (tertiary/aromatic N) is 2. The molecule has 1 atom stereocenters. The summed E-state index contributed by atoms with van der Waals surface area (Å²) in [7, 11) is 3.38. The predicted molar refractivity (Wildman–Crippen MR) is 111 cm³/mol. The van der Waals surface area contributed by atoms with Gasteiger partial charge in [-0.15, -0.1) is 0 Å². The van der Waals surface area contributed by atoms with Crippen LogP contribution in [0.4, 0.5) is 5.69 Å². The number of benzene rings is 2. The van der Waals surface area contributed by atoms with Gasteiger partial charge in [0.2, 0.25) is 11.8 Å². The molecule has 0 fully saturated rings. The van der Waals surface area contributed by atoms with Gasteiger partial charge in [0.25, 0.3) is 0 Å². The first-order valence-electron chi connectivity index (χ1n) is 9.48. The Bertz CT molecular complexity index is 776. The minimum atomic E-state index is -0.517. The van der Waals surface area contributed by atoms with Gasteiger partial charge in [-0.1, -0.05) is 36.4 Å². The summed E-state index contributed by atoms with van der Waals surface area (Å²) in [6.45, 7) is 5.26. The highest BCUT2D eigenvalue weighted by atomic mass is 16.5. The molecule has 0 heterocycles. The summed E-state index contributed by atoms with van der Waals surface area (Å²) < 4.78 is 5.18. The highest BCUT2D eigenvalue weighted by Crippen LogP contribution is 2.22. The van der Waals surface area contributed by atoms with Crippen molar-refractivity contribution in [2.45, 2.75) is 19.9 Å². The molecule has 1 N–H and O–H groups in total. The number of anilines is 1. The molecule has 2 aromatic carbocycles. The summed E-state index contributed by atoms with van der Waals surface area (Å²) in [6, 6.07) is 16.2. The van der Waals surface area contributed by atoms with Gasteiger partial charge in [0.05, 0.1) is 13.7 Å². The standard InChI is InChI=1S/C22H29N3O3/c1-5-25(6-2)22(27)21(17-11-8-7-9-12-17)24(3)16-20(26)23-18-13-10-14-19(15-18)28-4/h7-15,21H,5-6,16H2,1-4H3,(H,23,26). The van der Waals surface area contributed by atoms with Gasteiger partial charge in [-0.3, -0.25) is 14.5 Å². The zero-order valence-corrected chi connectivity index (χ0v) is 17.0. The van der Waals surface area contributed by atoms with Gasteiger partial charge in [-0.2, -0.15) is 0 Å². The molecule has 0 spiro atoms. The lowest BCUT2D eigenvalue weighted by atomic mass is 10.0. The lowest BCUT2D eigenvalue weighted by Crippen LogP contribution is -2.44. The van der Waals surface area contributed by atoms with E-state index in [1.165, 1.54) is 0 Å². The Hall–Kier alpha value is -2.86. The molecule has 6 heteroatoms. The van der Waals surface area contributed by atoms with Crippen LogP contribution in [-0.4, -0.2) is 55.4 Å². The van der Waals surface area contributed by atoms with Gasteiger partial charge in [-0.25, -0.2) is 0 Å². The van der Waals surface area contributed by atoms with E-state index in [1.807, 2.05) is 56.3 Å². The molecule has 1 unspecified atom stereocenters. The number of hydrogen-bond donors (Lipinski definition) is 1. The Labute approximate surface area is 167 Å². The lowest BCUT2D eigenvalue weighted by Gasteiger charge is -2.31. The highest BCUT2D eigenvalue weighted by molar-refractivity contribution is 5.93. The van der Waals surface area contributed by atoms with Gasteiger partial charge in [0.1, 0.15) is 11.8 Å². The molecule has 28 heavy (non-hydrogen) atoms. The number of hydrogen-bond acceptors (Lipinski definition) is 4. The molecule has 150 valence electrons. The van der Waals surface area contributed by atoms with Gasteiger partial charge in [0.15, 0.2) is 0 Å². The number of carbonyl (C=O) groups excluding carboxylic acids is 2. The van der Waals surface area contributed by atoms with Crippen LogP contribution >= 0.6 is 0 Å². The normalized spacial score (nSPS) is 11.8. The van der Waals surface area contributed by atoms with Gasteiger partial charge in [-0.05, 0) is 38.6 Å². The fraction of sp³-hybridized carbons (Fsp3) is 0.364. The van der Waals surface area contributed by atoms with Crippen molar-refractivity contribution in [2.75, 3.05) is 39.1 Å². The Balaban J connectivity index is 2.16.